The van der Waals surface area contributed by atoms with E-state index in [2.05, 4.69) is 42.8 Å². The molecule has 0 atom stereocenters. The quantitative estimate of drug-likeness (QED) is 0.837. The van der Waals surface area contributed by atoms with Crippen molar-refractivity contribution in [2.24, 2.45) is 5.92 Å². The van der Waals surface area contributed by atoms with Gasteiger partial charge in [-0.05, 0) is 19.8 Å². The molecule has 0 aliphatic carbocycles. The fourth-order valence-electron chi connectivity index (χ4n) is 1.43. The van der Waals surface area contributed by atoms with Crippen molar-refractivity contribution in [1.29, 1.82) is 0 Å². The molecule has 0 spiro atoms. The van der Waals surface area contributed by atoms with Crippen molar-refractivity contribution in [2.75, 3.05) is 12.3 Å². The number of nitrogens with two attached hydrogens (primary N) is 1. The van der Waals surface area contributed by atoms with Crippen LogP contribution in [0.25, 0.3) is 0 Å². The van der Waals surface area contributed by atoms with E-state index in [1.807, 2.05) is 0 Å². The van der Waals surface area contributed by atoms with Gasteiger partial charge < -0.3 is 5.73 Å². The van der Waals surface area contributed by atoms with Gasteiger partial charge in [0.25, 0.3) is 0 Å². The average molecular weight is 228 g/mol. The number of anilines is 1. The highest BCUT2D eigenvalue weighted by Gasteiger charge is 2.13. The molecule has 5 heteroatoms. The zero-order valence-electron chi connectivity index (χ0n) is 9.90. The lowest BCUT2D eigenvalue weighted by atomic mass is 10.2. The number of nitrogen functional groups attached to an aromatic ring is 1. The Balaban J connectivity index is 2.58. The van der Waals surface area contributed by atoms with Gasteiger partial charge in [0.1, 0.15) is 5.01 Å². The smallest absolute Gasteiger partial charge is 0.203 e. The molecule has 1 rings (SSSR count). The van der Waals surface area contributed by atoms with Gasteiger partial charge in [0.15, 0.2) is 0 Å². The molecule has 0 saturated carbocycles. The molecule has 1 aromatic rings. The predicted molar refractivity (Wildman–Crippen MR) is 64.7 cm³/mol. The monoisotopic (exact) mass is 228 g/mol. The Labute approximate surface area is 95.5 Å². The van der Waals surface area contributed by atoms with Crippen molar-refractivity contribution in [3.8, 4) is 0 Å². The molecule has 15 heavy (non-hydrogen) atoms. The third-order valence-corrected chi connectivity index (χ3v) is 2.89. The van der Waals surface area contributed by atoms with E-state index in [-0.39, 0.29) is 0 Å². The van der Waals surface area contributed by atoms with Crippen LogP contribution in [-0.4, -0.2) is 27.7 Å². The number of hydrogen-bond donors (Lipinski definition) is 1. The minimum atomic E-state index is 0.525. The molecule has 1 aromatic heterocycles. The zero-order valence-corrected chi connectivity index (χ0v) is 10.7. The highest BCUT2D eigenvalue weighted by molar-refractivity contribution is 7.15. The minimum Gasteiger partial charge on any atom is -0.374 e. The molecule has 86 valence electrons. The maximum atomic E-state index is 5.56. The van der Waals surface area contributed by atoms with Crippen LogP contribution >= 0.6 is 11.3 Å². The highest BCUT2D eigenvalue weighted by Crippen LogP contribution is 2.15. The van der Waals surface area contributed by atoms with Crippen LogP contribution in [0, 0.1) is 5.92 Å². The Bertz CT molecular complexity index is 295. The van der Waals surface area contributed by atoms with Crippen molar-refractivity contribution in [3.05, 3.63) is 5.01 Å². The Morgan fingerprint density at radius 3 is 2.33 bits per heavy atom. The molecule has 0 radical (unpaired) electrons. The van der Waals surface area contributed by atoms with Crippen molar-refractivity contribution < 1.29 is 0 Å². The zero-order chi connectivity index (χ0) is 11.4. The molecule has 0 bridgehead atoms. The molecule has 0 aliphatic rings. The third-order valence-electron chi connectivity index (χ3n) is 2.15. The highest BCUT2D eigenvalue weighted by atomic mass is 32.1. The predicted octanol–water partition coefficient (Wildman–Crippen LogP) is 1.99. The molecule has 0 aromatic carbocycles. The summed E-state index contributed by atoms with van der Waals surface area (Å²) in [5.74, 6) is 0.665. The molecule has 1 heterocycles. The van der Waals surface area contributed by atoms with Gasteiger partial charge in [-0.3, -0.25) is 4.90 Å². The molecule has 0 saturated heterocycles. The normalized spacial score (nSPS) is 11.9. The fourth-order valence-corrected chi connectivity index (χ4v) is 2.07. The van der Waals surface area contributed by atoms with Crippen molar-refractivity contribution in [2.45, 2.75) is 40.3 Å². The summed E-state index contributed by atoms with van der Waals surface area (Å²) in [5, 5.41) is 9.43. The first kappa shape index (κ1) is 12.4. The topological polar surface area (TPSA) is 55.0 Å². The number of hydrogen-bond acceptors (Lipinski definition) is 5. The van der Waals surface area contributed by atoms with Crippen LogP contribution in [0.4, 0.5) is 5.13 Å². The lowest BCUT2D eigenvalue weighted by Gasteiger charge is -2.26. The molecule has 2 N–H and O–H groups in total. The molecule has 0 amide bonds. The van der Waals surface area contributed by atoms with Crippen molar-refractivity contribution in [3.63, 3.8) is 0 Å². The van der Waals surface area contributed by atoms with Gasteiger partial charge in [-0.25, -0.2) is 0 Å². The summed E-state index contributed by atoms with van der Waals surface area (Å²) in [4.78, 5) is 2.39. The number of nitrogens with zero attached hydrogens (tertiary/aromatic N) is 3. The van der Waals surface area contributed by atoms with Gasteiger partial charge in [0.2, 0.25) is 5.13 Å². The van der Waals surface area contributed by atoms with Crippen LogP contribution in [-0.2, 0) is 6.54 Å². The van der Waals surface area contributed by atoms with Gasteiger partial charge in [0.05, 0.1) is 6.54 Å². The largest absolute Gasteiger partial charge is 0.374 e. The second-order valence-electron chi connectivity index (χ2n) is 4.45. The number of rotatable bonds is 5. The Morgan fingerprint density at radius 1 is 1.27 bits per heavy atom. The number of aromatic nitrogens is 2. The first-order valence-corrected chi connectivity index (χ1v) is 6.12. The molecule has 0 fully saturated rings. The molecular formula is C10H20N4S. The Morgan fingerprint density at radius 2 is 1.93 bits per heavy atom. The van der Waals surface area contributed by atoms with E-state index >= 15 is 0 Å². The Kier molecular flexibility index (Phi) is 4.47. The summed E-state index contributed by atoms with van der Waals surface area (Å²) in [6, 6.07) is 0.525. The van der Waals surface area contributed by atoms with Crippen LogP contribution in [0.1, 0.15) is 32.7 Å². The maximum Gasteiger partial charge on any atom is 0.203 e. The van der Waals surface area contributed by atoms with E-state index in [1.54, 1.807) is 0 Å². The van der Waals surface area contributed by atoms with Crippen molar-refractivity contribution >= 4 is 16.5 Å². The summed E-state index contributed by atoms with van der Waals surface area (Å²) in [7, 11) is 0. The van der Waals surface area contributed by atoms with Crippen LogP contribution in [0.15, 0.2) is 0 Å². The van der Waals surface area contributed by atoms with Crippen LogP contribution < -0.4 is 5.73 Å². The second kappa shape index (κ2) is 5.42. The van der Waals surface area contributed by atoms with E-state index in [0.717, 1.165) is 18.1 Å². The molecular weight excluding hydrogens is 208 g/mol. The summed E-state index contributed by atoms with van der Waals surface area (Å²) in [5.41, 5.74) is 5.56. The lowest BCUT2D eigenvalue weighted by molar-refractivity contribution is 0.188. The molecule has 0 aliphatic heterocycles. The van der Waals surface area contributed by atoms with Gasteiger partial charge in [-0.15, -0.1) is 10.2 Å². The van der Waals surface area contributed by atoms with E-state index < -0.39 is 0 Å². The van der Waals surface area contributed by atoms with Gasteiger partial charge in [0, 0.05) is 12.6 Å². The first-order valence-electron chi connectivity index (χ1n) is 5.31. The van der Waals surface area contributed by atoms with Crippen molar-refractivity contribution in [1.82, 2.24) is 15.1 Å². The lowest BCUT2D eigenvalue weighted by Crippen LogP contribution is -2.33. The first-order chi connectivity index (χ1) is 6.99. The summed E-state index contributed by atoms with van der Waals surface area (Å²) >= 11 is 1.47. The van der Waals surface area contributed by atoms with E-state index in [1.165, 1.54) is 11.3 Å². The van der Waals surface area contributed by atoms with Gasteiger partial charge >= 0.3 is 0 Å². The molecule has 4 nitrogen and oxygen atoms in total. The van der Waals surface area contributed by atoms with Crippen LogP contribution in [0.3, 0.4) is 0 Å². The Hall–Kier alpha value is -0.680. The van der Waals surface area contributed by atoms with Gasteiger partial charge in [-0.2, -0.15) is 0 Å². The van der Waals surface area contributed by atoms with E-state index in [4.69, 9.17) is 5.73 Å². The minimum absolute atomic E-state index is 0.525. The SMILES string of the molecule is CC(C)CN(Cc1nnc(N)s1)C(C)C. The standard InChI is InChI=1S/C10H20N4S/c1-7(2)5-14(8(3)4)6-9-12-13-10(11)15-9/h7-8H,5-6H2,1-4H3,(H2,11,13). The molecule has 0 unspecified atom stereocenters. The maximum absolute atomic E-state index is 5.56. The van der Waals surface area contributed by atoms with Gasteiger partial charge in [-0.1, -0.05) is 25.2 Å². The van der Waals surface area contributed by atoms with E-state index in [9.17, 15) is 0 Å². The summed E-state index contributed by atoms with van der Waals surface area (Å²) in [6.45, 7) is 10.8. The van der Waals surface area contributed by atoms with E-state index in [0.29, 0.717) is 17.1 Å². The summed E-state index contributed by atoms with van der Waals surface area (Å²) < 4.78 is 0. The fraction of sp³-hybridized carbons (Fsp3) is 0.800. The van der Waals surface area contributed by atoms with Crippen LogP contribution in [0.2, 0.25) is 0 Å². The third kappa shape index (κ3) is 4.13. The van der Waals surface area contributed by atoms with Crippen LogP contribution in [0.5, 0.6) is 0 Å². The average Bonchev–Trinajstić information content (AvgIpc) is 2.49. The second-order valence-corrected chi connectivity index (χ2v) is 5.54. The summed E-state index contributed by atoms with van der Waals surface area (Å²) in [6.07, 6.45) is 0.